The molecule has 19 heavy (non-hydrogen) atoms. The lowest BCUT2D eigenvalue weighted by molar-refractivity contribution is -0.159. The second-order valence-electron chi connectivity index (χ2n) is 4.53. The van der Waals surface area contributed by atoms with Crippen LogP contribution >= 0.6 is 0 Å². The number of hydrogen-bond donors (Lipinski definition) is 2. The molecule has 1 heterocycles. The lowest BCUT2D eigenvalue weighted by Crippen LogP contribution is -2.44. The predicted molar refractivity (Wildman–Crippen MR) is 63.9 cm³/mol. The van der Waals surface area contributed by atoms with E-state index in [-0.39, 0.29) is 13.1 Å². The van der Waals surface area contributed by atoms with E-state index in [1.165, 1.54) is 0 Å². The summed E-state index contributed by atoms with van der Waals surface area (Å²) < 4.78 is 10.9. The van der Waals surface area contributed by atoms with Crippen molar-refractivity contribution in [1.82, 2.24) is 0 Å². The molecule has 0 aliphatic carbocycles. The molecule has 10 nitrogen and oxygen atoms in total. The van der Waals surface area contributed by atoms with Gasteiger partial charge in [0, 0.05) is 9.82 Å². The van der Waals surface area contributed by atoms with Crippen LogP contribution in [0.4, 0.5) is 0 Å². The highest BCUT2D eigenvalue weighted by Gasteiger charge is 2.47. The van der Waals surface area contributed by atoms with Crippen molar-refractivity contribution in [1.29, 1.82) is 0 Å². The Morgan fingerprint density at radius 1 is 1.05 bits per heavy atom. The molecule has 4 atom stereocenters. The van der Waals surface area contributed by atoms with Gasteiger partial charge < -0.3 is 19.7 Å². The molecule has 1 saturated heterocycles. The van der Waals surface area contributed by atoms with Gasteiger partial charge in [-0.1, -0.05) is 10.2 Å². The maximum Gasteiger partial charge on any atom is 0.164 e. The molecule has 1 rings (SSSR count). The largest absolute Gasteiger partial charge is 0.390 e. The number of rotatable bonds is 6. The second kappa shape index (κ2) is 6.58. The van der Waals surface area contributed by atoms with E-state index >= 15 is 0 Å². The third-order valence-electron chi connectivity index (χ3n) is 2.59. The van der Waals surface area contributed by atoms with E-state index in [1.807, 2.05) is 0 Å². The van der Waals surface area contributed by atoms with Gasteiger partial charge in [-0.15, -0.1) is 0 Å². The highest BCUT2D eigenvalue weighted by molar-refractivity contribution is 4.92. The average Bonchev–Trinajstić information content (AvgIpc) is 2.69. The third-order valence-corrected chi connectivity index (χ3v) is 2.59. The van der Waals surface area contributed by atoms with E-state index in [0.717, 1.165) is 0 Å². The predicted octanol–water partition coefficient (Wildman–Crippen LogP) is 0.849. The lowest BCUT2D eigenvalue weighted by atomic mass is 10.0. The number of nitrogens with zero attached hydrogens (tertiary/aromatic N) is 6. The Kier molecular flexibility index (Phi) is 5.37. The van der Waals surface area contributed by atoms with Gasteiger partial charge in [0.25, 0.3) is 0 Å². The van der Waals surface area contributed by atoms with Crippen molar-refractivity contribution in [2.24, 2.45) is 10.2 Å². The molecule has 0 aromatic carbocycles. The van der Waals surface area contributed by atoms with E-state index in [0.29, 0.717) is 0 Å². The van der Waals surface area contributed by atoms with Crippen LogP contribution in [-0.4, -0.2) is 53.5 Å². The van der Waals surface area contributed by atoms with Crippen molar-refractivity contribution < 1.29 is 19.7 Å². The highest BCUT2D eigenvalue weighted by atomic mass is 16.8. The molecule has 0 spiro atoms. The maximum absolute atomic E-state index is 9.87. The number of aliphatic hydroxyl groups is 2. The summed E-state index contributed by atoms with van der Waals surface area (Å²) >= 11 is 0. The van der Waals surface area contributed by atoms with Crippen LogP contribution in [0, 0.1) is 0 Å². The first kappa shape index (κ1) is 15.5. The van der Waals surface area contributed by atoms with Crippen LogP contribution in [0.25, 0.3) is 20.9 Å². The number of ether oxygens (including phenoxy) is 2. The molecule has 0 bridgehead atoms. The van der Waals surface area contributed by atoms with Gasteiger partial charge in [0.15, 0.2) is 5.79 Å². The van der Waals surface area contributed by atoms with Crippen LogP contribution in [0.2, 0.25) is 0 Å². The van der Waals surface area contributed by atoms with Crippen LogP contribution in [0.15, 0.2) is 10.2 Å². The van der Waals surface area contributed by atoms with Gasteiger partial charge in [-0.2, -0.15) is 0 Å². The van der Waals surface area contributed by atoms with Crippen molar-refractivity contribution >= 4 is 0 Å². The fourth-order valence-electron chi connectivity index (χ4n) is 1.86. The van der Waals surface area contributed by atoms with Gasteiger partial charge in [-0.05, 0) is 24.9 Å². The van der Waals surface area contributed by atoms with Crippen LogP contribution in [0.1, 0.15) is 13.8 Å². The first-order chi connectivity index (χ1) is 8.91. The summed E-state index contributed by atoms with van der Waals surface area (Å²) in [6, 6.07) is 0. The third kappa shape index (κ3) is 4.25. The summed E-state index contributed by atoms with van der Waals surface area (Å²) in [5, 5.41) is 26.2. The summed E-state index contributed by atoms with van der Waals surface area (Å²) in [6.45, 7) is 2.85. The van der Waals surface area contributed by atoms with Gasteiger partial charge in [-0.3, -0.25) is 0 Å². The fourth-order valence-corrected chi connectivity index (χ4v) is 1.86. The Morgan fingerprint density at radius 3 is 1.74 bits per heavy atom. The van der Waals surface area contributed by atoms with Gasteiger partial charge in [0.05, 0.1) is 25.3 Å². The lowest BCUT2D eigenvalue weighted by Gasteiger charge is -2.23. The van der Waals surface area contributed by atoms with Crippen LogP contribution in [0.5, 0.6) is 0 Å². The normalized spacial score (nSPS) is 28.0. The van der Waals surface area contributed by atoms with Gasteiger partial charge >= 0.3 is 0 Å². The molecule has 0 radical (unpaired) electrons. The van der Waals surface area contributed by atoms with E-state index in [1.54, 1.807) is 13.8 Å². The number of hydrogen-bond acceptors (Lipinski definition) is 6. The summed E-state index contributed by atoms with van der Waals surface area (Å²) in [7, 11) is 0. The zero-order valence-electron chi connectivity index (χ0n) is 10.6. The van der Waals surface area contributed by atoms with Gasteiger partial charge in [-0.25, -0.2) is 0 Å². The van der Waals surface area contributed by atoms with E-state index in [4.69, 9.17) is 20.5 Å². The number of aliphatic hydroxyl groups excluding tert-OH is 2. The molecule has 0 unspecified atom stereocenters. The smallest absolute Gasteiger partial charge is 0.164 e. The second-order valence-corrected chi connectivity index (χ2v) is 4.53. The molecule has 1 aliphatic rings. The van der Waals surface area contributed by atoms with Gasteiger partial charge in [0.1, 0.15) is 12.2 Å². The Hall–Kier alpha value is -1.54. The quantitative estimate of drug-likeness (QED) is 0.417. The molecule has 2 N–H and O–H groups in total. The Labute approximate surface area is 109 Å². The summed E-state index contributed by atoms with van der Waals surface area (Å²) in [4.78, 5) is 5.08. The molecule has 10 heteroatoms. The molecule has 106 valence electrons. The minimum atomic E-state index is -1.12. The van der Waals surface area contributed by atoms with Crippen LogP contribution in [0.3, 0.4) is 0 Å². The van der Waals surface area contributed by atoms with Crippen molar-refractivity contribution in [2.75, 3.05) is 13.1 Å². The first-order valence-corrected chi connectivity index (χ1v) is 5.65. The van der Waals surface area contributed by atoms with E-state index in [2.05, 4.69) is 20.1 Å². The van der Waals surface area contributed by atoms with Crippen molar-refractivity contribution in [3.8, 4) is 0 Å². The average molecular weight is 272 g/mol. The van der Waals surface area contributed by atoms with Crippen molar-refractivity contribution in [3.05, 3.63) is 20.9 Å². The number of azide groups is 2. The van der Waals surface area contributed by atoms with Gasteiger partial charge in [0.2, 0.25) is 0 Å². The molecule has 0 amide bonds. The Bertz CT molecular complexity index is 368. The minimum Gasteiger partial charge on any atom is -0.390 e. The zero-order valence-corrected chi connectivity index (χ0v) is 10.6. The van der Waals surface area contributed by atoms with Crippen molar-refractivity contribution in [2.45, 2.75) is 44.1 Å². The Balaban J connectivity index is 2.79. The molecule has 1 aliphatic heterocycles. The van der Waals surface area contributed by atoms with Crippen LogP contribution in [-0.2, 0) is 9.47 Å². The monoisotopic (exact) mass is 272 g/mol. The molecular formula is C9H16N6O4. The summed E-state index contributed by atoms with van der Waals surface area (Å²) in [5.41, 5.74) is 16.4. The minimum absolute atomic E-state index is 0.203. The molecular weight excluding hydrogens is 256 g/mol. The highest BCUT2D eigenvalue weighted by Crippen LogP contribution is 2.32. The molecule has 0 aromatic rings. The fraction of sp³-hybridized carbons (Fsp3) is 1.00. The summed E-state index contributed by atoms with van der Waals surface area (Å²) in [6.07, 6.45) is -3.99. The van der Waals surface area contributed by atoms with Crippen LogP contribution < -0.4 is 0 Å². The molecule has 0 saturated carbocycles. The first-order valence-electron chi connectivity index (χ1n) is 5.65. The standard InChI is InChI=1S/C9H16N6O4/c1-9(2)18-7(5(16)3-12-14-10)8(19-9)6(17)4-13-15-11/h5-8,16-17H,3-4H2,1-2H3/t5-,6-,7+,8+/m1/s1. The maximum atomic E-state index is 9.87. The SMILES string of the molecule is CC1(C)O[C@@H]([C@H](O)CN=[N+]=[N-])[C@H]([C@H](O)CN=[N+]=[N-])O1. The van der Waals surface area contributed by atoms with E-state index in [9.17, 15) is 10.2 Å². The Morgan fingerprint density at radius 2 is 1.42 bits per heavy atom. The molecule has 1 fully saturated rings. The molecule has 0 aromatic heterocycles. The zero-order chi connectivity index (χ0) is 14.5. The van der Waals surface area contributed by atoms with E-state index < -0.39 is 30.2 Å². The summed E-state index contributed by atoms with van der Waals surface area (Å²) in [5.74, 6) is -0.996. The van der Waals surface area contributed by atoms with Crippen molar-refractivity contribution in [3.63, 3.8) is 0 Å². The topological polar surface area (TPSA) is 156 Å².